The van der Waals surface area contributed by atoms with Crippen molar-refractivity contribution in [3.63, 3.8) is 0 Å². The fourth-order valence-electron chi connectivity index (χ4n) is 2.01. The average Bonchev–Trinajstić information content (AvgIpc) is 2.54. The number of alkyl halides is 3. The van der Waals surface area contributed by atoms with Gasteiger partial charge >= 0.3 is 12.1 Å². The lowest BCUT2D eigenvalue weighted by Crippen LogP contribution is -2.15. The molecule has 27 heavy (non-hydrogen) atoms. The van der Waals surface area contributed by atoms with Crippen LogP contribution in [-0.4, -0.2) is 22.3 Å². The second-order valence-electron chi connectivity index (χ2n) is 5.19. The third kappa shape index (κ3) is 5.08. The highest BCUT2D eigenvalue weighted by atomic mass is 35.5. The Labute approximate surface area is 155 Å². The third-order valence-corrected chi connectivity index (χ3v) is 3.44. The number of aliphatic hydroxyl groups is 1. The fraction of sp³-hybridized carbons (Fsp3) is 0.188. The number of carbonyl (C=O) groups is 1. The minimum absolute atomic E-state index is 0.111. The largest absolute Gasteiger partial charge is 0.456 e. The van der Waals surface area contributed by atoms with E-state index >= 15 is 0 Å². The molecule has 7 nitrogen and oxygen atoms in total. The molecular weight excluding hydrogens is 395 g/mol. The molecule has 0 radical (unpaired) electrons. The van der Waals surface area contributed by atoms with Crippen LogP contribution in [0.15, 0.2) is 36.4 Å². The van der Waals surface area contributed by atoms with Gasteiger partial charge in [-0.1, -0.05) is 11.6 Å². The molecule has 2 aromatic carbocycles. The van der Waals surface area contributed by atoms with E-state index in [1.165, 1.54) is 0 Å². The van der Waals surface area contributed by atoms with Crippen molar-refractivity contribution in [3.8, 4) is 11.5 Å². The van der Waals surface area contributed by atoms with Gasteiger partial charge in [0.05, 0.1) is 15.5 Å². The summed E-state index contributed by atoms with van der Waals surface area (Å²) in [5, 5.41) is 19.8. The molecule has 2 aromatic rings. The van der Waals surface area contributed by atoms with E-state index in [0.717, 1.165) is 37.3 Å². The van der Waals surface area contributed by atoms with Crippen LogP contribution in [0.5, 0.6) is 11.5 Å². The maximum Gasteiger partial charge on any atom is 0.416 e. The van der Waals surface area contributed by atoms with Crippen LogP contribution in [0.2, 0.25) is 5.02 Å². The van der Waals surface area contributed by atoms with Gasteiger partial charge in [-0.15, -0.1) is 0 Å². The van der Waals surface area contributed by atoms with Crippen LogP contribution in [0.25, 0.3) is 0 Å². The number of halogens is 4. The molecule has 0 aliphatic carbocycles. The molecule has 0 heterocycles. The summed E-state index contributed by atoms with van der Waals surface area (Å²) in [4.78, 5) is 22.1. The van der Waals surface area contributed by atoms with Gasteiger partial charge in [-0.05, 0) is 31.2 Å². The fourth-order valence-corrected chi connectivity index (χ4v) is 2.23. The van der Waals surface area contributed by atoms with E-state index in [1.54, 1.807) is 0 Å². The Kier molecular flexibility index (Phi) is 5.91. The zero-order chi connectivity index (χ0) is 20.4. The number of benzene rings is 2. The van der Waals surface area contributed by atoms with Gasteiger partial charge in [-0.2, -0.15) is 13.2 Å². The summed E-state index contributed by atoms with van der Waals surface area (Å²) in [5.74, 6) is -1.45. The highest BCUT2D eigenvalue weighted by Gasteiger charge is 2.31. The van der Waals surface area contributed by atoms with E-state index in [9.17, 15) is 28.1 Å². The van der Waals surface area contributed by atoms with Crippen molar-refractivity contribution >= 4 is 23.3 Å². The van der Waals surface area contributed by atoms with Crippen LogP contribution in [0.3, 0.4) is 0 Å². The number of hydrogen-bond donors (Lipinski definition) is 1. The number of carbonyl (C=O) groups excluding carboxylic acids is 1. The molecule has 1 atom stereocenters. The monoisotopic (exact) mass is 405 g/mol. The first-order valence-electron chi connectivity index (χ1n) is 7.21. The van der Waals surface area contributed by atoms with Gasteiger partial charge in [-0.3, -0.25) is 10.1 Å². The Morgan fingerprint density at radius 2 is 1.93 bits per heavy atom. The molecular formula is C16H11ClF3NO6. The number of nitrogens with zero attached hydrogens (tertiary/aromatic N) is 1. The summed E-state index contributed by atoms with van der Waals surface area (Å²) in [6, 6.07) is 5.41. The van der Waals surface area contributed by atoms with E-state index < -0.39 is 40.2 Å². The first-order valence-corrected chi connectivity index (χ1v) is 7.59. The molecule has 0 aromatic heterocycles. The first-order chi connectivity index (χ1) is 12.5. The van der Waals surface area contributed by atoms with Gasteiger partial charge in [0.2, 0.25) is 0 Å². The number of esters is 1. The standard InChI is InChI=1S/C16H11ClF3NO6/c1-8(22)26-15(23)11-7-10(3-4-13(11)21(24)25)27-14-5-2-9(6-12(14)17)16(18,19)20/h2-8,22H,1H3. The molecule has 0 amide bonds. The predicted molar refractivity (Wildman–Crippen MR) is 86.7 cm³/mol. The molecule has 0 spiro atoms. The molecule has 144 valence electrons. The quantitative estimate of drug-likeness (QED) is 0.339. The van der Waals surface area contributed by atoms with Gasteiger partial charge < -0.3 is 14.6 Å². The summed E-state index contributed by atoms with van der Waals surface area (Å²) in [6.07, 6.45) is -6.10. The van der Waals surface area contributed by atoms with E-state index in [-0.39, 0.29) is 16.5 Å². The van der Waals surface area contributed by atoms with Crippen LogP contribution < -0.4 is 4.74 Å². The second-order valence-corrected chi connectivity index (χ2v) is 5.59. The molecule has 2 rings (SSSR count). The third-order valence-electron chi connectivity index (χ3n) is 3.15. The number of rotatable bonds is 5. The van der Waals surface area contributed by atoms with E-state index in [2.05, 4.69) is 4.74 Å². The number of nitro benzene ring substituents is 1. The van der Waals surface area contributed by atoms with Crippen LogP contribution in [0, 0.1) is 10.1 Å². The van der Waals surface area contributed by atoms with Gasteiger partial charge in [0.25, 0.3) is 5.69 Å². The van der Waals surface area contributed by atoms with Gasteiger partial charge in [0.1, 0.15) is 17.1 Å². The Bertz CT molecular complexity index is 885. The van der Waals surface area contributed by atoms with Crippen molar-refractivity contribution in [2.45, 2.75) is 19.4 Å². The molecule has 0 saturated carbocycles. The van der Waals surface area contributed by atoms with Crippen molar-refractivity contribution in [1.82, 2.24) is 0 Å². The van der Waals surface area contributed by atoms with Gasteiger partial charge in [0, 0.05) is 12.1 Å². The van der Waals surface area contributed by atoms with E-state index in [4.69, 9.17) is 21.4 Å². The molecule has 0 aliphatic heterocycles. The van der Waals surface area contributed by atoms with Gasteiger partial charge in [-0.25, -0.2) is 4.79 Å². The minimum Gasteiger partial charge on any atom is -0.456 e. The van der Waals surface area contributed by atoms with Crippen molar-refractivity contribution in [2.75, 3.05) is 0 Å². The Hall–Kier alpha value is -2.85. The highest BCUT2D eigenvalue weighted by Crippen LogP contribution is 2.37. The maximum atomic E-state index is 12.7. The molecule has 1 unspecified atom stereocenters. The molecule has 0 saturated heterocycles. The van der Waals surface area contributed by atoms with Crippen molar-refractivity contribution in [1.29, 1.82) is 0 Å². The van der Waals surface area contributed by atoms with Crippen LogP contribution >= 0.6 is 11.6 Å². The molecule has 0 bridgehead atoms. The van der Waals surface area contributed by atoms with Crippen LogP contribution in [0.4, 0.5) is 18.9 Å². The number of aliphatic hydroxyl groups excluding tert-OH is 1. The Balaban J connectivity index is 2.37. The smallest absolute Gasteiger partial charge is 0.416 e. The molecule has 0 aliphatic rings. The summed E-state index contributed by atoms with van der Waals surface area (Å²) in [7, 11) is 0. The summed E-state index contributed by atoms with van der Waals surface area (Å²) in [5.41, 5.74) is -2.10. The van der Waals surface area contributed by atoms with Crippen molar-refractivity contribution in [2.24, 2.45) is 0 Å². The summed E-state index contributed by atoms with van der Waals surface area (Å²) >= 11 is 5.78. The second kappa shape index (κ2) is 7.80. The van der Waals surface area contributed by atoms with E-state index in [1.807, 2.05) is 0 Å². The SMILES string of the molecule is CC(O)OC(=O)c1cc(Oc2ccc(C(F)(F)F)cc2Cl)ccc1[N+](=O)[O-]. The van der Waals surface area contributed by atoms with Crippen LogP contribution in [-0.2, 0) is 10.9 Å². The zero-order valence-corrected chi connectivity index (χ0v) is 14.2. The summed E-state index contributed by atoms with van der Waals surface area (Å²) in [6.45, 7) is 1.13. The predicted octanol–water partition coefficient (Wildman–Crippen LogP) is 4.55. The lowest BCUT2D eigenvalue weighted by Gasteiger charge is -2.12. The Morgan fingerprint density at radius 1 is 1.26 bits per heavy atom. The number of ether oxygens (including phenoxy) is 2. The normalized spacial score (nSPS) is 12.4. The average molecular weight is 406 g/mol. The van der Waals surface area contributed by atoms with Crippen molar-refractivity contribution < 1.29 is 37.5 Å². The molecule has 0 fully saturated rings. The lowest BCUT2D eigenvalue weighted by molar-refractivity contribution is -0.385. The topological polar surface area (TPSA) is 98.9 Å². The Morgan fingerprint density at radius 3 is 2.44 bits per heavy atom. The lowest BCUT2D eigenvalue weighted by atomic mass is 10.1. The molecule has 1 N–H and O–H groups in total. The number of hydrogen-bond acceptors (Lipinski definition) is 6. The van der Waals surface area contributed by atoms with E-state index in [0.29, 0.717) is 6.07 Å². The first kappa shape index (κ1) is 20.5. The van der Waals surface area contributed by atoms with Gasteiger partial charge in [0.15, 0.2) is 6.29 Å². The van der Waals surface area contributed by atoms with Crippen molar-refractivity contribution in [3.05, 3.63) is 62.7 Å². The number of nitro groups is 1. The summed E-state index contributed by atoms with van der Waals surface area (Å²) < 4.78 is 47.8. The highest BCUT2D eigenvalue weighted by molar-refractivity contribution is 6.32. The van der Waals surface area contributed by atoms with Crippen LogP contribution in [0.1, 0.15) is 22.8 Å². The molecule has 11 heteroatoms. The maximum absolute atomic E-state index is 12.7. The zero-order valence-electron chi connectivity index (χ0n) is 13.5. The minimum atomic E-state index is -4.59.